The van der Waals surface area contributed by atoms with Gasteiger partial charge in [-0.1, -0.05) is 24.0 Å². The van der Waals surface area contributed by atoms with Gasteiger partial charge in [-0.3, -0.25) is 0 Å². The van der Waals surface area contributed by atoms with Crippen LogP contribution in [0.4, 0.5) is 4.79 Å². The second-order valence-electron chi connectivity index (χ2n) is 8.82. The van der Waals surface area contributed by atoms with Gasteiger partial charge >= 0.3 is 12.1 Å². The summed E-state index contributed by atoms with van der Waals surface area (Å²) in [7, 11) is 2.82. The van der Waals surface area contributed by atoms with Crippen LogP contribution in [0.1, 0.15) is 48.9 Å². The maximum atomic E-state index is 12.6. The number of alkyl carbamates (subject to hydrolysis) is 1. The van der Waals surface area contributed by atoms with Gasteiger partial charge in [-0.15, -0.1) is 0 Å². The Morgan fingerprint density at radius 3 is 2.00 bits per heavy atom. The summed E-state index contributed by atoms with van der Waals surface area (Å²) in [4.78, 5) is 24.2. The van der Waals surface area contributed by atoms with Crippen molar-refractivity contribution in [1.82, 2.24) is 5.32 Å². The molecule has 0 spiro atoms. The molecule has 1 aliphatic carbocycles. The van der Waals surface area contributed by atoms with Gasteiger partial charge in [0.15, 0.2) is 6.04 Å². The molecule has 3 rings (SSSR count). The molecule has 1 atom stereocenters. The average Bonchev–Trinajstić information content (AvgIpc) is 3.13. The molecule has 10 heteroatoms. The predicted molar refractivity (Wildman–Crippen MR) is 162 cm³/mol. The highest BCUT2D eigenvalue weighted by atomic mass is 127. The third kappa shape index (κ3) is 7.96. The molecule has 0 aliphatic heterocycles. The van der Waals surface area contributed by atoms with Crippen LogP contribution in [0.25, 0.3) is 11.1 Å². The standard InChI is InChI=1S/C26H23I2NO5S2/c1-26(2,3)34-15-23(24(30)31)29-25(32)33-14-22-20-12-16(8-10-35-27)4-6-18(20)19-7-5-17(9-11-36-28)13-21(19)22/h4-7,12-13,22-23H,14-15H2,1-3H3,(H,29,32)(H,30,31)/t23-/m0/s1. The molecule has 0 saturated heterocycles. The quantitative estimate of drug-likeness (QED) is 0.256. The summed E-state index contributed by atoms with van der Waals surface area (Å²) in [5.74, 6) is 4.81. The molecule has 188 valence electrons. The molecule has 0 bridgehead atoms. The average molecular weight is 747 g/mol. The summed E-state index contributed by atoms with van der Waals surface area (Å²) < 4.78 is 11.1. The number of carbonyl (C=O) groups is 2. The molecule has 0 unspecified atom stereocenters. The number of nitrogens with one attached hydrogen (secondary N) is 1. The topological polar surface area (TPSA) is 84.9 Å². The van der Waals surface area contributed by atoms with Gasteiger partial charge < -0.3 is 19.9 Å². The number of carboxylic acids is 1. The largest absolute Gasteiger partial charge is 0.480 e. The van der Waals surface area contributed by atoms with Crippen LogP contribution >= 0.6 is 60.3 Å². The Labute approximate surface area is 243 Å². The minimum Gasteiger partial charge on any atom is -0.480 e. The van der Waals surface area contributed by atoms with Crippen LogP contribution in [0.2, 0.25) is 0 Å². The third-order valence-electron chi connectivity index (χ3n) is 5.27. The van der Waals surface area contributed by atoms with E-state index in [1.54, 1.807) is 0 Å². The van der Waals surface area contributed by atoms with Crippen molar-refractivity contribution in [2.45, 2.75) is 38.3 Å². The lowest BCUT2D eigenvalue weighted by Gasteiger charge is -2.23. The second kappa shape index (κ2) is 13.3. The first-order chi connectivity index (χ1) is 17.1. The van der Waals surface area contributed by atoms with E-state index in [1.807, 2.05) is 57.2 Å². The first-order valence-corrected chi connectivity index (χ1v) is 17.5. The normalized spacial score (nSPS) is 12.8. The van der Waals surface area contributed by atoms with E-state index >= 15 is 0 Å². The van der Waals surface area contributed by atoms with E-state index in [0.717, 1.165) is 33.4 Å². The minimum atomic E-state index is -1.22. The highest BCUT2D eigenvalue weighted by molar-refractivity contribution is 14.2. The molecular weight excluding hydrogens is 724 g/mol. The van der Waals surface area contributed by atoms with Crippen molar-refractivity contribution < 1.29 is 24.2 Å². The molecule has 0 aromatic heterocycles. The van der Waals surface area contributed by atoms with Crippen LogP contribution in [0.5, 0.6) is 0 Å². The summed E-state index contributed by atoms with van der Waals surface area (Å²) in [6.07, 6.45) is -0.815. The van der Waals surface area contributed by atoms with Gasteiger partial charge in [0.25, 0.3) is 0 Å². The smallest absolute Gasteiger partial charge is 0.407 e. The van der Waals surface area contributed by atoms with Gasteiger partial charge in [-0.2, -0.15) is 0 Å². The van der Waals surface area contributed by atoms with Crippen molar-refractivity contribution in [2.75, 3.05) is 13.2 Å². The number of halogens is 2. The van der Waals surface area contributed by atoms with E-state index in [0.29, 0.717) is 0 Å². The van der Waals surface area contributed by atoms with E-state index in [-0.39, 0.29) is 19.1 Å². The van der Waals surface area contributed by atoms with Crippen molar-refractivity contribution in [3.05, 3.63) is 58.7 Å². The summed E-state index contributed by atoms with van der Waals surface area (Å²) in [6.45, 7) is 5.31. The Balaban J connectivity index is 1.84. The number of aliphatic carboxylic acids is 1. The van der Waals surface area contributed by atoms with Crippen LogP contribution in [-0.2, 0) is 14.3 Å². The lowest BCUT2D eigenvalue weighted by Crippen LogP contribution is -2.45. The summed E-state index contributed by atoms with van der Waals surface area (Å²) in [5.41, 5.74) is 5.31. The fourth-order valence-electron chi connectivity index (χ4n) is 3.70. The number of hydrogen-bond acceptors (Lipinski definition) is 6. The number of carboxylic acid groups (broad SMARTS) is 1. The van der Waals surface area contributed by atoms with E-state index < -0.39 is 23.7 Å². The summed E-state index contributed by atoms with van der Waals surface area (Å²) in [5, 5.41) is 17.9. The van der Waals surface area contributed by atoms with Crippen molar-refractivity contribution >= 4 is 72.3 Å². The zero-order valence-electron chi connectivity index (χ0n) is 19.7. The molecular formula is C26H23I2NO5S2. The number of ether oxygens (including phenoxy) is 2. The first-order valence-electron chi connectivity index (χ1n) is 10.8. The lowest BCUT2D eigenvalue weighted by atomic mass is 9.96. The number of rotatable bonds is 6. The number of carbonyl (C=O) groups excluding carboxylic acids is 1. The Morgan fingerprint density at radius 2 is 1.56 bits per heavy atom. The maximum absolute atomic E-state index is 12.6. The molecule has 0 saturated carbocycles. The van der Waals surface area contributed by atoms with Gasteiger partial charge in [-0.05, 0) is 95.7 Å². The SMILES string of the molecule is CC(C)(C)OC[C@H](NC(=O)OCC1c2cc(C#CSI)ccc2-c2ccc(C#CSI)cc21)C(=O)O. The molecule has 0 radical (unpaired) electrons. The predicted octanol–water partition coefficient (Wildman–Crippen LogP) is 6.58. The zero-order valence-corrected chi connectivity index (χ0v) is 25.6. The molecule has 6 nitrogen and oxygen atoms in total. The monoisotopic (exact) mass is 747 g/mol. The van der Waals surface area contributed by atoms with Crippen LogP contribution < -0.4 is 5.32 Å². The molecule has 0 fully saturated rings. The molecule has 2 aromatic rings. The van der Waals surface area contributed by atoms with E-state index in [2.05, 4.69) is 70.1 Å². The maximum Gasteiger partial charge on any atom is 0.407 e. The molecule has 0 heterocycles. The number of amides is 1. The Kier molecular flexibility index (Phi) is 10.7. The van der Waals surface area contributed by atoms with Gasteiger partial charge in [0.05, 0.1) is 12.2 Å². The van der Waals surface area contributed by atoms with E-state index in [1.165, 1.54) is 17.9 Å². The fourth-order valence-corrected chi connectivity index (χ4v) is 4.68. The molecule has 1 aliphatic rings. The molecule has 2 aromatic carbocycles. The van der Waals surface area contributed by atoms with Crippen molar-refractivity contribution in [3.63, 3.8) is 0 Å². The van der Waals surface area contributed by atoms with Crippen molar-refractivity contribution in [1.29, 1.82) is 0 Å². The minimum absolute atomic E-state index is 0.0358. The summed E-state index contributed by atoms with van der Waals surface area (Å²) in [6, 6.07) is 10.8. The molecule has 36 heavy (non-hydrogen) atoms. The number of fused-ring (bicyclic) bond motifs is 3. The number of hydrogen-bond donors (Lipinski definition) is 2. The zero-order chi connectivity index (χ0) is 26.3. The lowest BCUT2D eigenvalue weighted by molar-refractivity contribution is -0.142. The van der Waals surface area contributed by atoms with E-state index in [4.69, 9.17) is 9.47 Å². The van der Waals surface area contributed by atoms with Crippen LogP contribution in [0, 0.1) is 22.3 Å². The summed E-state index contributed by atoms with van der Waals surface area (Å²) >= 11 is 4.25. The van der Waals surface area contributed by atoms with Crippen molar-refractivity contribution in [2.24, 2.45) is 0 Å². The van der Waals surface area contributed by atoms with Gasteiger partial charge in [0.2, 0.25) is 0 Å². The second-order valence-corrected chi connectivity index (χ2v) is 12.2. The highest BCUT2D eigenvalue weighted by Crippen LogP contribution is 2.45. The van der Waals surface area contributed by atoms with Crippen LogP contribution in [0.3, 0.4) is 0 Å². The van der Waals surface area contributed by atoms with Crippen molar-refractivity contribution in [3.8, 4) is 33.5 Å². The molecule has 1 amide bonds. The number of benzene rings is 2. The van der Waals surface area contributed by atoms with Gasteiger partial charge in [0.1, 0.15) is 6.61 Å². The Morgan fingerprint density at radius 1 is 1.03 bits per heavy atom. The van der Waals surface area contributed by atoms with Gasteiger partial charge in [-0.25, -0.2) is 9.59 Å². The van der Waals surface area contributed by atoms with Crippen LogP contribution in [0.15, 0.2) is 36.4 Å². The Hall–Kier alpha value is -1.58. The molecule has 2 N–H and O–H groups in total. The first kappa shape index (κ1) is 29.0. The fraction of sp³-hybridized carbons (Fsp3) is 0.308. The highest BCUT2D eigenvalue weighted by Gasteiger charge is 2.31. The van der Waals surface area contributed by atoms with Crippen LogP contribution in [-0.4, -0.2) is 42.0 Å². The van der Waals surface area contributed by atoms with E-state index in [9.17, 15) is 14.7 Å². The Bertz CT molecular complexity index is 1200. The third-order valence-corrected chi connectivity index (χ3v) is 6.95. The van der Waals surface area contributed by atoms with Gasteiger partial charge in [0, 0.05) is 59.5 Å².